The molecule has 3 N–H and O–H groups in total. The molecule has 1 saturated heterocycles. The van der Waals surface area contributed by atoms with Gasteiger partial charge in [-0.25, -0.2) is 4.98 Å². The first-order chi connectivity index (χ1) is 10.2. The predicted octanol–water partition coefficient (Wildman–Crippen LogP) is 0.715. The number of nitrogens with one attached hydrogen (secondary N) is 1. The van der Waals surface area contributed by atoms with Gasteiger partial charge < -0.3 is 20.4 Å². The van der Waals surface area contributed by atoms with Crippen LogP contribution < -0.4 is 10.6 Å². The van der Waals surface area contributed by atoms with E-state index >= 15 is 0 Å². The molecule has 8 nitrogen and oxygen atoms in total. The average Bonchev–Trinajstić information content (AvgIpc) is 2.95. The zero-order valence-electron chi connectivity index (χ0n) is 11.9. The summed E-state index contributed by atoms with van der Waals surface area (Å²) in [6, 6.07) is 0. The molecule has 3 heterocycles. The number of H-pyrrole nitrogens is 1. The van der Waals surface area contributed by atoms with Gasteiger partial charge in [-0.1, -0.05) is 0 Å². The smallest absolute Gasteiger partial charge is 0.310 e. The topological polar surface area (TPSA) is 110 Å². The molecule has 1 unspecified atom stereocenters. The molecule has 2 aromatic rings. The Balaban J connectivity index is 1.88. The molecule has 0 bridgehead atoms. The molecule has 3 rings (SSSR count). The molecule has 0 radical (unpaired) electrons. The number of aromatic nitrogens is 4. The number of esters is 1. The summed E-state index contributed by atoms with van der Waals surface area (Å²) in [4.78, 5) is 29.5. The number of nitrogen functional groups attached to an aromatic ring is 1. The van der Waals surface area contributed by atoms with Crippen LogP contribution in [-0.4, -0.2) is 45.6 Å². The van der Waals surface area contributed by atoms with Crippen molar-refractivity contribution in [2.45, 2.75) is 19.8 Å². The second kappa shape index (κ2) is 5.55. The van der Waals surface area contributed by atoms with E-state index in [0.717, 1.165) is 24.9 Å². The molecule has 1 aliphatic rings. The number of anilines is 2. The van der Waals surface area contributed by atoms with Crippen LogP contribution in [-0.2, 0) is 9.53 Å². The maximum atomic E-state index is 11.9. The van der Waals surface area contributed by atoms with E-state index in [1.165, 1.54) is 0 Å². The highest BCUT2D eigenvalue weighted by atomic mass is 16.5. The fraction of sp³-hybridized carbons (Fsp3) is 0.538. The molecule has 0 saturated carbocycles. The van der Waals surface area contributed by atoms with E-state index in [0.29, 0.717) is 24.6 Å². The third-order valence-electron chi connectivity index (χ3n) is 3.62. The van der Waals surface area contributed by atoms with Crippen molar-refractivity contribution in [3.63, 3.8) is 0 Å². The van der Waals surface area contributed by atoms with Gasteiger partial charge in [0.2, 0.25) is 5.95 Å². The van der Waals surface area contributed by atoms with E-state index in [4.69, 9.17) is 10.5 Å². The molecule has 2 aromatic heterocycles. The number of piperidine rings is 1. The minimum absolute atomic E-state index is 0.132. The highest BCUT2D eigenvalue weighted by molar-refractivity contribution is 5.84. The highest BCUT2D eigenvalue weighted by Crippen LogP contribution is 2.27. The average molecular weight is 290 g/mol. The second-order valence-corrected chi connectivity index (χ2v) is 5.04. The molecule has 0 amide bonds. The Labute approximate surface area is 121 Å². The largest absolute Gasteiger partial charge is 0.466 e. The van der Waals surface area contributed by atoms with Crippen LogP contribution >= 0.6 is 0 Å². The van der Waals surface area contributed by atoms with E-state index in [2.05, 4.69) is 19.9 Å². The van der Waals surface area contributed by atoms with E-state index in [1.807, 2.05) is 11.8 Å². The maximum Gasteiger partial charge on any atom is 0.310 e. The Hall–Kier alpha value is -2.38. The van der Waals surface area contributed by atoms with Gasteiger partial charge in [-0.3, -0.25) is 4.79 Å². The summed E-state index contributed by atoms with van der Waals surface area (Å²) in [5.41, 5.74) is 7.02. The van der Waals surface area contributed by atoms with Gasteiger partial charge in [-0.05, 0) is 19.8 Å². The van der Waals surface area contributed by atoms with Crippen molar-refractivity contribution in [3.8, 4) is 0 Å². The number of imidazole rings is 1. The molecule has 1 aliphatic heterocycles. The number of aromatic amines is 1. The fourth-order valence-electron chi connectivity index (χ4n) is 2.69. The second-order valence-electron chi connectivity index (χ2n) is 5.04. The van der Waals surface area contributed by atoms with Gasteiger partial charge in [0, 0.05) is 13.1 Å². The number of nitrogens with two attached hydrogens (primary N) is 1. The number of fused-ring (bicyclic) bond motifs is 1. The van der Waals surface area contributed by atoms with Crippen LogP contribution in [0.5, 0.6) is 0 Å². The lowest BCUT2D eigenvalue weighted by Gasteiger charge is -2.32. The molecule has 1 atom stereocenters. The van der Waals surface area contributed by atoms with Crippen LogP contribution in [0.2, 0.25) is 0 Å². The predicted molar refractivity (Wildman–Crippen MR) is 77.7 cm³/mol. The van der Waals surface area contributed by atoms with Crippen LogP contribution in [0.3, 0.4) is 0 Å². The van der Waals surface area contributed by atoms with Crippen LogP contribution in [0.4, 0.5) is 11.8 Å². The van der Waals surface area contributed by atoms with Gasteiger partial charge in [0.05, 0.1) is 18.9 Å². The molecule has 8 heteroatoms. The summed E-state index contributed by atoms with van der Waals surface area (Å²) in [5, 5.41) is 0. The van der Waals surface area contributed by atoms with Crippen LogP contribution in [0.15, 0.2) is 6.33 Å². The number of ether oxygens (including phenoxy) is 1. The maximum absolute atomic E-state index is 11.9. The standard InChI is InChI=1S/C13H18N6O2/c1-2-21-12(20)8-4-3-5-19(6-8)11-9-10(16-7-15-9)17-13(14)18-11/h7-8H,2-6H2,1H3,(H3,14,15,16,17,18). The Morgan fingerprint density at radius 3 is 3.24 bits per heavy atom. The minimum atomic E-state index is -0.148. The van der Waals surface area contributed by atoms with E-state index < -0.39 is 0 Å². The van der Waals surface area contributed by atoms with Gasteiger partial charge in [-0.2, -0.15) is 9.97 Å². The lowest BCUT2D eigenvalue weighted by Crippen LogP contribution is -2.40. The number of nitrogens with zero attached hydrogens (tertiary/aromatic N) is 4. The van der Waals surface area contributed by atoms with Crippen molar-refractivity contribution in [2.24, 2.45) is 5.92 Å². The minimum Gasteiger partial charge on any atom is -0.466 e. The van der Waals surface area contributed by atoms with Crippen molar-refractivity contribution < 1.29 is 9.53 Å². The van der Waals surface area contributed by atoms with Crippen molar-refractivity contribution >= 4 is 28.9 Å². The molecular weight excluding hydrogens is 272 g/mol. The Bertz CT molecular complexity index is 655. The summed E-state index contributed by atoms with van der Waals surface area (Å²) in [5.74, 6) is 0.602. The van der Waals surface area contributed by atoms with Crippen molar-refractivity contribution in [1.82, 2.24) is 19.9 Å². The summed E-state index contributed by atoms with van der Waals surface area (Å²) in [6.45, 7) is 3.61. The normalized spacial score (nSPS) is 18.9. The van der Waals surface area contributed by atoms with Gasteiger partial charge >= 0.3 is 5.97 Å². The molecule has 1 fully saturated rings. The molecule has 0 aromatic carbocycles. The van der Waals surface area contributed by atoms with Gasteiger partial charge in [0.25, 0.3) is 0 Å². The molecule has 0 aliphatic carbocycles. The monoisotopic (exact) mass is 290 g/mol. The Kier molecular flexibility index (Phi) is 3.59. The summed E-state index contributed by atoms with van der Waals surface area (Å²) in [7, 11) is 0. The first-order valence-electron chi connectivity index (χ1n) is 7.07. The summed E-state index contributed by atoms with van der Waals surface area (Å²) < 4.78 is 5.12. The zero-order chi connectivity index (χ0) is 14.8. The lowest BCUT2D eigenvalue weighted by molar-refractivity contribution is -0.148. The van der Waals surface area contributed by atoms with E-state index in [-0.39, 0.29) is 17.8 Å². The zero-order valence-corrected chi connectivity index (χ0v) is 11.9. The van der Waals surface area contributed by atoms with Crippen molar-refractivity contribution in [1.29, 1.82) is 0 Å². The number of hydrogen-bond acceptors (Lipinski definition) is 7. The Morgan fingerprint density at radius 1 is 1.57 bits per heavy atom. The lowest BCUT2D eigenvalue weighted by atomic mass is 9.98. The van der Waals surface area contributed by atoms with Crippen molar-refractivity contribution in [3.05, 3.63) is 6.33 Å². The third kappa shape index (κ3) is 2.61. The highest BCUT2D eigenvalue weighted by Gasteiger charge is 2.29. The summed E-state index contributed by atoms with van der Waals surface area (Å²) in [6.07, 6.45) is 3.31. The summed E-state index contributed by atoms with van der Waals surface area (Å²) >= 11 is 0. The first-order valence-corrected chi connectivity index (χ1v) is 7.07. The molecule has 112 valence electrons. The molecular formula is C13H18N6O2. The SMILES string of the molecule is CCOC(=O)C1CCCN(c2nc(N)nc3nc[nH]c23)C1. The van der Waals surface area contributed by atoms with Gasteiger partial charge in [-0.15, -0.1) is 0 Å². The third-order valence-corrected chi connectivity index (χ3v) is 3.62. The molecule has 21 heavy (non-hydrogen) atoms. The quantitative estimate of drug-likeness (QED) is 0.801. The number of carbonyl (C=O) groups is 1. The van der Waals surface area contributed by atoms with Gasteiger partial charge in [0.1, 0.15) is 5.52 Å². The number of carbonyl (C=O) groups excluding carboxylic acids is 1. The number of rotatable bonds is 3. The number of hydrogen-bond donors (Lipinski definition) is 2. The van der Waals surface area contributed by atoms with Crippen molar-refractivity contribution in [2.75, 3.05) is 30.3 Å². The fourth-order valence-corrected chi connectivity index (χ4v) is 2.69. The first kappa shape index (κ1) is 13.6. The van der Waals surface area contributed by atoms with E-state index in [9.17, 15) is 4.79 Å². The van der Waals surface area contributed by atoms with Crippen LogP contribution in [0.25, 0.3) is 11.2 Å². The van der Waals surface area contributed by atoms with Crippen LogP contribution in [0, 0.1) is 5.92 Å². The van der Waals surface area contributed by atoms with Gasteiger partial charge in [0.15, 0.2) is 11.5 Å². The Morgan fingerprint density at radius 2 is 2.43 bits per heavy atom. The van der Waals surface area contributed by atoms with E-state index in [1.54, 1.807) is 6.33 Å². The molecule has 0 spiro atoms. The van der Waals surface area contributed by atoms with Crippen LogP contribution in [0.1, 0.15) is 19.8 Å².